The lowest BCUT2D eigenvalue weighted by Gasteiger charge is -2.21. The molecule has 9 rings (SSSR count). The van der Waals surface area contributed by atoms with Gasteiger partial charge in [0, 0.05) is 67.0 Å². The average molecular weight is 701 g/mol. The fraction of sp³-hybridized carbons (Fsp3) is 0.325. The van der Waals surface area contributed by atoms with Gasteiger partial charge in [0.2, 0.25) is 13.2 Å². The second-order valence-corrected chi connectivity index (χ2v) is 14.2. The summed E-state index contributed by atoms with van der Waals surface area (Å²) in [6.07, 6.45) is 6.77. The van der Waals surface area contributed by atoms with Crippen LogP contribution in [0.1, 0.15) is 54.7 Å². The Hall–Kier alpha value is -5.75. The molecule has 12 nitrogen and oxygen atoms in total. The van der Waals surface area contributed by atoms with Gasteiger partial charge in [0.05, 0.1) is 17.8 Å². The van der Waals surface area contributed by atoms with Gasteiger partial charge in [0.25, 0.3) is 0 Å². The predicted octanol–water partition coefficient (Wildman–Crippen LogP) is 6.69. The van der Waals surface area contributed by atoms with Crippen molar-refractivity contribution in [1.29, 1.82) is 0 Å². The van der Waals surface area contributed by atoms with Crippen LogP contribution in [0.15, 0.2) is 77.6 Å². The van der Waals surface area contributed by atoms with Gasteiger partial charge in [0.15, 0.2) is 11.5 Å². The molecule has 3 aromatic carbocycles. The number of likely N-dealkylation sites (N-methyl/N-ethyl adjacent to an activating group) is 1. The summed E-state index contributed by atoms with van der Waals surface area (Å²) in [5.74, 6) is 2.27. The third kappa shape index (κ3) is 5.72. The van der Waals surface area contributed by atoms with Crippen molar-refractivity contribution >= 4 is 40.0 Å². The van der Waals surface area contributed by atoms with Crippen LogP contribution in [-0.4, -0.2) is 76.2 Å². The lowest BCUT2D eigenvalue weighted by atomic mass is 10.0. The molecule has 0 saturated carbocycles. The van der Waals surface area contributed by atoms with Gasteiger partial charge in [-0.25, -0.2) is 9.78 Å². The van der Waals surface area contributed by atoms with Crippen LogP contribution in [0.25, 0.3) is 38.8 Å². The monoisotopic (exact) mass is 700 g/mol. The zero-order valence-corrected chi connectivity index (χ0v) is 29.2. The number of likely N-dealkylation sites (tertiary alicyclic amines) is 2. The highest BCUT2D eigenvalue weighted by Crippen LogP contribution is 2.39. The molecule has 2 fully saturated rings. The molecule has 6 heterocycles. The molecular weight excluding hydrogens is 660 g/mol. The number of aromatic nitrogens is 2. The van der Waals surface area contributed by atoms with Crippen molar-refractivity contribution in [3.05, 3.63) is 95.7 Å². The van der Waals surface area contributed by atoms with E-state index in [2.05, 4.69) is 59.0 Å². The van der Waals surface area contributed by atoms with E-state index in [1.165, 1.54) is 0 Å². The Labute approximate surface area is 300 Å². The molecular formula is C40H40N6O6. The Balaban J connectivity index is 0.830. The Bertz CT molecular complexity index is 2240. The summed E-state index contributed by atoms with van der Waals surface area (Å²) in [6, 6.07) is 16.3. The number of carbonyl (C=O) groups is 2. The topological polar surface area (TPSA) is 125 Å². The van der Waals surface area contributed by atoms with Crippen molar-refractivity contribution in [2.24, 2.45) is 0 Å². The summed E-state index contributed by atoms with van der Waals surface area (Å²) in [5.41, 5.74) is 8.39. The zero-order valence-electron chi connectivity index (χ0n) is 29.2. The molecule has 266 valence electrons. The molecule has 2 unspecified atom stereocenters. The first kappa shape index (κ1) is 32.2. The first-order valence-electron chi connectivity index (χ1n) is 17.7. The second-order valence-electron chi connectivity index (χ2n) is 14.2. The average Bonchev–Trinajstić information content (AvgIpc) is 4.00. The van der Waals surface area contributed by atoms with E-state index in [0.717, 1.165) is 104 Å². The number of furan rings is 1. The van der Waals surface area contributed by atoms with E-state index >= 15 is 0 Å². The third-order valence-electron chi connectivity index (χ3n) is 10.9. The standard InChI is InChI=1S/C40H40N6O6/c1-23(16-41-24(2)34-15-29(20-44(34)3)51-40(48)46-18-27-13-37-38(50-22-49-37)14-28(27)19-46)25-6-8-30-31-9-7-26(12-36(31)52-35(30)11-25)32-17-42-39(43-32)33-5-4-10-45(33)21-47/h6-9,11-14,16-17,21,29,33-34,41H,2,4-5,10,15,18-20,22H2,1,3H3,(H,42,43)/b23-16+/t29?,33?,34-/m0/s1. The fourth-order valence-corrected chi connectivity index (χ4v) is 8.01. The number of carbonyl (C=O) groups excluding carboxylic acids is 2. The van der Waals surface area contributed by atoms with E-state index in [0.29, 0.717) is 26.1 Å². The predicted molar refractivity (Wildman–Crippen MR) is 195 cm³/mol. The van der Waals surface area contributed by atoms with Crippen LogP contribution in [0.5, 0.6) is 11.5 Å². The van der Waals surface area contributed by atoms with Crippen molar-refractivity contribution in [3.63, 3.8) is 0 Å². The van der Waals surface area contributed by atoms with Crippen LogP contribution >= 0.6 is 0 Å². The zero-order chi connectivity index (χ0) is 35.5. The molecule has 2 saturated heterocycles. The molecule has 0 radical (unpaired) electrons. The van der Waals surface area contributed by atoms with Gasteiger partial charge in [-0.05, 0) is 85.5 Å². The summed E-state index contributed by atoms with van der Waals surface area (Å²) in [7, 11) is 2.03. The third-order valence-corrected chi connectivity index (χ3v) is 10.9. The quantitative estimate of drug-likeness (QED) is 0.171. The summed E-state index contributed by atoms with van der Waals surface area (Å²) in [5, 5.41) is 5.49. The maximum atomic E-state index is 13.1. The maximum Gasteiger partial charge on any atom is 0.410 e. The number of hydrogen-bond donors (Lipinski definition) is 2. The number of rotatable bonds is 8. The normalized spacial score (nSPS) is 21.3. The van der Waals surface area contributed by atoms with E-state index in [1.807, 2.05) is 37.6 Å². The van der Waals surface area contributed by atoms with Gasteiger partial charge >= 0.3 is 6.09 Å². The molecule has 4 aliphatic rings. The number of amides is 2. The number of aromatic amines is 1. The van der Waals surface area contributed by atoms with Crippen molar-refractivity contribution in [2.45, 2.75) is 57.5 Å². The number of benzene rings is 3. The highest BCUT2D eigenvalue weighted by atomic mass is 16.7. The van der Waals surface area contributed by atoms with Crippen molar-refractivity contribution < 1.29 is 28.2 Å². The minimum absolute atomic E-state index is 0.00337. The number of nitrogens with one attached hydrogen (secondary N) is 2. The Kier molecular flexibility index (Phi) is 7.91. The number of H-pyrrole nitrogens is 1. The molecule has 3 atom stereocenters. The van der Waals surface area contributed by atoms with Crippen molar-refractivity contribution in [1.82, 2.24) is 30.0 Å². The molecule has 12 heteroatoms. The Morgan fingerprint density at radius 3 is 2.58 bits per heavy atom. The first-order valence-corrected chi connectivity index (χ1v) is 17.7. The summed E-state index contributed by atoms with van der Waals surface area (Å²) in [6.45, 7) is 8.99. The van der Waals surface area contributed by atoms with Gasteiger partial charge in [-0.3, -0.25) is 14.6 Å². The molecule has 4 aliphatic heterocycles. The lowest BCUT2D eigenvalue weighted by Crippen LogP contribution is -2.32. The van der Waals surface area contributed by atoms with Crippen LogP contribution in [-0.2, 0) is 22.6 Å². The minimum atomic E-state index is -0.314. The van der Waals surface area contributed by atoms with E-state index in [-0.39, 0.29) is 31.1 Å². The molecule has 2 N–H and O–H groups in total. The molecule has 5 aromatic rings. The smallest absolute Gasteiger partial charge is 0.410 e. The van der Waals surface area contributed by atoms with Crippen LogP contribution in [0.2, 0.25) is 0 Å². The van der Waals surface area contributed by atoms with Gasteiger partial charge < -0.3 is 33.8 Å². The maximum absolute atomic E-state index is 13.1. The number of ether oxygens (including phenoxy) is 3. The molecule has 2 aromatic heterocycles. The number of imidazole rings is 1. The van der Waals surface area contributed by atoms with Crippen molar-refractivity contribution in [2.75, 3.05) is 26.9 Å². The van der Waals surface area contributed by atoms with E-state index in [4.69, 9.17) is 23.6 Å². The Morgan fingerprint density at radius 2 is 1.81 bits per heavy atom. The van der Waals surface area contributed by atoms with E-state index in [1.54, 1.807) is 9.80 Å². The number of allylic oxidation sites excluding steroid dienone is 1. The summed E-state index contributed by atoms with van der Waals surface area (Å²) in [4.78, 5) is 38.4. The summed E-state index contributed by atoms with van der Waals surface area (Å²) < 4.78 is 23.3. The molecule has 2 amide bonds. The minimum Gasteiger partial charge on any atom is -0.456 e. The largest absolute Gasteiger partial charge is 0.456 e. The number of fused-ring (bicyclic) bond motifs is 5. The second kappa shape index (κ2) is 12.8. The molecule has 0 aliphatic carbocycles. The molecule has 0 spiro atoms. The van der Waals surface area contributed by atoms with Gasteiger partial charge in [-0.2, -0.15) is 0 Å². The fourth-order valence-electron chi connectivity index (χ4n) is 8.01. The van der Waals surface area contributed by atoms with Gasteiger partial charge in [-0.1, -0.05) is 18.7 Å². The molecule has 0 bridgehead atoms. The lowest BCUT2D eigenvalue weighted by molar-refractivity contribution is -0.119. The van der Waals surface area contributed by atoms with Crippen LogP contribution < -0.4 is 14.8 Å². The molecule has 52 heavy (non-hydrogen) atoms. The number of nitrogens with zero attached hydrogens (tertiary/aromatic N) is 4. The Morgan fingerprint density at radius 1 is 1.06 bits per heavy atom. The summed E-state index contributed by atoms with van der Waals surface area (Å²) >= 11 is 0. The number of hydrogen-bond acceptors (Lipinski definition) is 9. The van der Waals surface area contributed by atoms with E-state index < -0.39 is 0 Å². The van der Waals surface area contributed by atoms with Crippen molar-refractivity contribution in [3.8, 4) is 22.8 Å². The van der Waals surface area contributed by atoms with Crippen LogP contribution in [0, 0.1) is 0 Å². The first-order chi connectivity index (χ1) is 25.3. The van der Waals surface area contributed by atoms with Gasteiger partial charge in [-0.15, -0.1) is 0 Å². The van der Waals surface area contributed by atoms with Gasteiger partial charge in [0.1, 0.15) is 23.1 Å². The van der Waals surface area contributed by atoms with Crippen LogP contribution in [0.3, 0.4) is 0 Å². The van der Waals surface area contributed by atoms with E-state index in [9.17, 15) is 9.59 Å². The van der Waals surface area contributed by atoms with Crippen LogP contribution in [0.4, 0.5) is 4.79 Å². The highest BCUT2D eigenvalue weighted by Gasteiger charge is 2.36. The SMILES string of the molecule is C=C(N/C=C(\C)c1ccc2c(c1)oc1cc(-c3c[nH]c(C4CCCN4C=O)n3)ccc12)[C@@H]1CC(OC(=O)N2Cc3cc4c(cc3C2)OCO4)CN1C. The highest BCUT2D eigenvalue weighted by molar-refractivity contribution is 6.06.